The van der Waals surface area contributed by atoms with Gasteiger partial charge in [-0.15, -0.1) is 11.3 Å². The molecule has 0 bridgehead atoms. The number of amides is 1. The van der Waals surface area contributed by atoms with E-state index in [1.165, 1.54) is 23.3 Å². The first-order valence-corrected chi connectivity index (χ1v) is 7.11. The predicted molar refractivity (Wildman–Crippen MR) is 74.8 cm³/mol. The third kappa shape index (κ3) is 2.64. The van der Waals surface area contributed by atoms with Gasteiger partial charge in [-0.2, -0.15) is 0 Å². The monoisotopic (exact) mass is 282 g/mol. The second kappa shape index (κ2) is 5.71. The number of ether oxygens (including phenoxy) is 1. The van der Waals surface area contributed by atoms with Crippen LogP contribution in [0.25, 0.3) is 0 Å². The predicted octanol–water partition coefficient (Wildman–Crippen LogP) is 1.57. The molecule has 1 aliphatic rings. The molecule has 104 valence electrons. The number of likely N-dealkylation sites (N-methyl/N-ethyl adjacent to an activating group) is 1. The molecule has 1 aliphatic carbocycles. The van der Waals surface area contributed by atoms with Gasteiger partial charge in [-0.3, -0.25) is 4.79 Å². The van der Waals surface area contributed by atoms with Crippen LogP contribution in [0.5, 0.6) is 0 Å². The van der Waals surface area contributed by atoms with E-state index in [4.69, 9.17) is 4.74 Å². The minimum absolute atomic E-state index is 0.146. The van der Waals surface area contributed by atoms with Gasteiger partial charge >= 0.3 is 5.97 Å². The molecule has 0 aromatic carbocycles. The van der Waals surface area contributed by atoms with Crippen molar-refractivity contribution in [2.75, 3.05) is 19.5 Å². The molecule has 19 heavy (non-hydrogen) atoms. The third-order valence-corrected chi connectivity index (χ3v) is 4.58. The lowest BCUT2D eigenvalue weighted by atomic mass is 10.1. The molecule has 5 nitrogen and oxygen atoms in total. The standard InChI is InChI=1S/C13H18N2O3S/c1-7(14-2)11(16)15-12-10(13(17)18-3)8-5-4-6-9(8)19-12/h7,14H,4-6H2,1-3H3,(H,15,16). The number of carbonyl (C=O) groups is 2. The van der Waals surface area contributed by atoms with E-state index in [2.05, 4.69) is 10.6 Å². The highest BCUT2D eigenvalue weighted by atomic mass is 32.1. The molecule has 0 fully saturated rings. The average Bonchev–Trinajstić information content (AvgIpc) is 2.96. The van der Waals surface area contributed by atoms with E-state index in [1.807, 2.05) is 0 Å². The molecule has 2 N–H and O–H groups in total. The quantitative estimate of drug-likeness (QED) is 0.823. The number of thiophene rings is 1. The summed E-state index contributed by atoms with van der Waals surface area (Å²) in [7, 11) is 3.09. The van der Waals surface area contributed by atoms with Gasteiger partial charge in [0.05, 0.1) is 18.7 Å². The first kappa shape index (κ1) is 14.0. The lowest BCUT2D eigenvalue weighted by molar-refractivity contribution is -0.117. The Hall–Kier alpha value is -1.40. The Morgan fingerprint density at radius 2 is 2.11 bits per heavy atom. The normalized spacial score (nSPS) is 14.9. The highest BCUT2D eigenvalue weighted by Crippen LogP contribution is 2.39. The zero-order valence-corrected chi connectivity index (χ0v) is 12.1. The van der Waals surface area contributed by atoms with Crippen molar-refractivity contribution in [2.45, 2.75) is 32.2 Å². The fraction of sp³-hybridized carbons (Fsp3) is 0.538. The van der Waals surface area contributed by atoms with Crippen LogP contribution in [0.3, 0.4) is 0 Å². The molecule has 1 aromatic rings. The van der Waals surface area contributed by atoms with Gasteiger partial charge in [0.15, 0.2) is 0 Å². The molecule has 0 aliphatic heterocycles. The van der Waals surface area contributed by atoms with Crippen LogP contribution in [-0.2, 0) is 22.4 Å². The van der Waals surface area contributed by atoms with Crippen molar-refractivity contribution < 1.29 is 14.3 Å². The summed E-state index contributed by atoms with van der Waals surface area (Å²) in [5, 5.41) is 6.31. The number of nitrogens with one attached hydrogen (secondary N) is 2. The Labute approximate surface area is 116 Å². The van der Waals surface area contributed by atoms with E-state index >= 15 is 0 Å². The Kier molecular flexibility index (Phi) is 4.21. The van der Waals surface area contributed by atoms with Crippen LogP contribution >= 0.6 is 11.3 Å². The van der Waals surface area contributed by atoms with Gasteiger partial charge in [0.2, 0.25) is 5.91 Å². The molecule has 1 amide bonds. The summed E-state index contributed by atoms with van der Waals surface area (Å²) in [6.45, 7) is 1.77. The zero-order valence-electron chi connectivity index (χ0n) is 11.3. The van der Waals surface area contributed by atoms with Gasteiger partial charge in [-0.25, -0.2) is 4.79 Å². The van der Waals surface area contributed by atoms with Crippen LogP contribution < -0.4 is 10.6 Å². The van der Waals surface area contributed by atoms with Crippen LogP contribution in [0.4, 0.5) is 5.00 Å². The molecule has 0 saturated heterocycles. The van der Waals surface area contributed by atoms with Crippen LogP contribution in [0.1, 0.15) is 34.1 Å². The summed E-state index contributed by atoms with van der Waals surface area (Å²) < 4.78 is 4.83. The molecule has 6 heteroatoms. The molecular weight excluding hydrogens is 264 g/mol. The molecule has 2 rings (SSSR count). The summed E-state index contributed by atoms with van der Waals surface area (Å²) in [5.74, 6) is -0.514. The molecule has 0 saturated carbocycles. The van der Waals surface area contributed by atoms with E-state index in [1.54, 1.807) is 14.0 Å². The molecule has 1 heterocycles. The molecule has 1 aromatic heterocycles. The molecular formula is C13H18N2O3S. The van der Waals surface area contributed by atoms with Crippen molar-refractivity contribution in [1.82, 2.24) is 5.32 Å². The maximum atomic E-state index is 11.9. The third-order valence-electron chi connectivity index (χ3n) is 3.37. The fourth-order valence-corrected chi connectivity index (χ4v) is 3.44. The number of esters is 1. The van der Waals surface area contributed by atoms with Gasteiger partial charge in [-0.1, -0.05) is 0 Å². The highest BCUT2D eigenvalue weighted by molar-refractivity contribution is 7.17. The topological polar surface area (TPSA) is 67.4 Å². The lowest BCUT2D eigenvalue weighted by Gasteiger charge is -2.11. The number of aryl methyl sites for hydroxylation is 1. The van der Waals surface area contributed by atoms with Gasteiger partial charge in [0, 0.05) is 4.88 Å². The Bertz CT molecular complexity index is 510. The minimum atomic E-state index is -0.369. The zero-order chi connectivity index (χ0) is 14.0. The SMILES string of the molecule is CNC(C)C(=O)Nc1sc2c(c1C(=O)OC)CCC2. The van der Waals surface area contributed by atoms with Gasteiger partial charge in [-0.05, 0) is 38.8 Å². The van der Waals surface area contributed by atoms with E-state index in [0.29, 0.717) is 10.6 Å². The Balaban J connectivity index is 2.30. The first-order valence-electron chi connectivity index (χ1n) is 6.29. The van der Waals surface area contributed by atoms with Crippen LogP contribution in [0, 0.1) is 0 Å². The smallest absolute Gasteiger partial charge is 0.341 e. The fourth-order valence-electron chi connectivity index (χ4n) is 2.16. The maximum Gasteiger partial charge on any atom is 0.341 e. The van der Waals surface area contributed by atoms with Crippen molar-refractivity contribution in [1.29, 1.82) is 0 Å². The van der Waals surface area contributed by atoms with E-state index in [9.17, 15) is 9.59 Å². The number of carbonyl (C=O) groups excluding carboxylic acids is 2. The average molecular weight is 282 g/mol. The van der Waals surface area contributed by atoms with Crippen LogP contribution in [0.2, 0.25) is 0 Å². The summed E-state index contributed by atoms with van der Waals surface area (Å²) in [6, 6.07) is -0.303. The number of anilines is 1. The van der Waals surface area contributed by atoms with Gasteiger partial charge < -0.3 is 15.4 Å². The van der Waals surface area contributed by atoms with Crippen LogP contribution in [0.15, 0.2) is 0 Å². The first-order chi connectivity index (χ1) is 9.08. The number of rotatable bonds is 4. The summed E-state index contributed by atoms with van der Waals surface area (Å²) in [5.41, 5.74) is 1.58. The maximum absolute atomic E-state index is 11.9. The second-order valence-electron chi connectivity index (χ2n) is 4.55. The van der Waals surface area contributed by atoms with E-state index < -0.39 is 0 Å². The van der Waals surface area contributed by atoms with Gasteiger partial charge in [0.1, 0.15) is 5.00 Å². The lowest BCUT2D eigenvalue weighted by Crippen LogP contribution is -2.35. The van der Waals surface area contributed by atoms with Crippen molar-refractivity contribution >= 4 is 28.2 Å². The minimum Gasteiger partial charge on any atom is -0.465 e. The molecule has 1 atom stereocenters. The van der Waals surface area contributed by atoms with Gasteiger partial charge in [0.25, 0.3) is 0 Å². The Morgan fingerprint density at radius 3 is 2.74 bits per heavy atom. The number of fused-ring (bicyclic) bond motifs is 1. The number of methoxy groups -OCH3 is 1. The molecule has 1 unspecified atom stereocenters. The largest absolute Gasteiger partial charge is 0.465 e. The van der Waals surface area contributed by atoms with Crippen molar-refractivity contribution in [2.24, 2.45) is 0 Å². The summed E-state index contributed by atoms with van der Waals surface area (Å²) >= 11 is 1.49. The second-order valence-corrected chi connectivity index (χ2v) is 5.66. The Morgan fingerprint density at radius 1 is 1.37 bits per heavy atom. The van der Waals surface area contributed by atoms with Crippen molar-refractivity contribution in [3.63, 3.8) is 0 Å². The number of hydrogen-bond donors (Lipinski definition) is 2. The van der Waals surface area contributed by atoms with E-state index in [-0.39, 0.29) is 17.9 Å². The molecule has 0 spiro atoms. The van der Waals surface area contributed by atoms with Crippen molar-refractivity contribution in [3.8, 4) is 0 Å². The van der Waals surface area contributed by atoms with Crippen molar-refractivity contribution in [3.05, 3.63) is 16.0 Å². The van der Waals surface area contributed by atoms with Crippen LogP contribution in [-0.4, -0.2) is 32.1 Å². The number of hydrogen-bond acceptors (Lipinski definition) is 5. The summed E-state index contributed by atoms with van der Waals surface area (Å²) in [4.78, 5) is 25.0. The highest BCUT2D eigenvalue weighted by Gasteiger charge is 2.28. The summed E-state index contributed by atoms with van der Waals surface area (Å²) in [6.07, 6.45) is 2.92. The van der Waals surface area contributed by atoms with E-state index in [0.717, 1.165) is 24.8 Å². The molecule has 0 radical (unpaired) electrons.